The Morgan fingerprint density at radius 1 is 1.34 bits per heavy atom. The minimum absolute atomic E-state index is 0.00248. The normalized spacial score (nSPS) is 21.5. The minimum Gasteiger partial charge on any atom is -0.465 e. The number of nitrogens with zero attached hydrogens (tertiary/aromatic N) is 4. The Morgan fingerprint density at radius 2 is 2.10 bits per heavy atom. The van der Waals surface area contributed by atoms with Crippen molar-refractivity contribution in [3.05, 3.63) is 29.3 Å². The van der Waals surface area contributed by atoms with E-state index in [1.807, 2.05) is 30.2 Å². The van der Waals surface area contributed by atoms with Gasteiger partial charge in [0.2, 0.25) is 0 Å². The Labute approximate surface area is 171 Å². The molecule has 1 aromatic carbocycles. The fourth-order valence-corrected chi connectivity index (χ4v) is 4.87. The van der Waals surface area contributed by atoms with Gasteiger partial charge in [0, 0.05) is 31.8 Å². The SMILES string of the molecule is COC(C)(C)c1cc(-c2nccs2)c2oc(N3CC4CC(C3)N4C(=O)O)nc2c1. The Balaban J connectivity index is 1.56. The largest absolute Gasteiger partial charge is 0.465 e. The number of hydrogen-bond donors (Lipinski definition) is 1. The van der Waals surface area contributed by atoms with Crippen LogP contribution in [0.5, 0.6) is 0 Å². The molecule has 3 aliphatic rings. The standard InChI is InChI=1S/C20H22N4O4S/c1-20(2,27-3)11-6-14(17-21-4-5-29-17)16-15(7-11)22-18(28-16)23-9-12-8-13(10-23)24(12)19(25)26/h4-7,12-13H,8-10H2,1-3H3,(H,25,26). The number of carboxylic acid groups (broad SMARTS) is 1. The van der Waals surface area contributed by atoms with E-state index < -0.39 is 11.7 Å². The van der Waals surface area contributed by atoms with Crippen molar-refractivity contribution >= 4 is 34.5 Å². The zero-order chi connectivity index (χ0) is 20.3. The number of benzene rings is 1. The third-order valence-electron chi connectivity index (χ3n) is 6.03. The van der Waals surface area contributed by atoms with E-state index in [4.69, 9.17) is 14.1 Å². The lowest BCUT2D eigenvalue weighted by Crippen LogP contribution is -2.70. The van der Waals surface area contributed by atoms with Crippen LogP contribution in [-0.2, 0) is 10.3 Å². The molecule has 0 saturated carbocycles. The Morgan fingerprint density at radius 3 is 2.72 bits per heavy atom. The lowest BCUT2D eigenvalue weighted by atomic mass is 9.88. The molecule has 2 atom stereocenters. The van der Waals surface area contributed by atoms with E-state index in [-0.39, 0.29) is 12.1 Å². The van der Waals surface area contributed by atoms with Crippen molar-refractivity contribution in [2.24, 2.45) is 0 Å². The maximum atomic E-state index is 11.4. The number of aromatic nitrogens is 2. The van der Waals surface area contributed by atoms with Gasteiger partial charge in [0.1, 0.15) is 10.5 Å². The number of piperidine rings is 1. The van der Waals surface area contributed by atoms with Crippen molar-refractivity contribution in [3.8, 4) is 10.6 Å². The van der Waals surface area contributed by atoms with Crippen LogP contribution in [0.2, 0.25) is 0 Å². The van der Waals surface area contributed by atoms with E-state index in [0.717, 1.165) is 28.1 Å². The van der Waals surface area contributed by atoms with Crippen LogP contribution in [-0.4, -0.2) is 58.4 Å². The first-order chi connectivity index (χ1) is 13.9. The first-order valence-electron chi connectivity index (χ1n) is 9.53. The van der Waals surface area contributed by atoms with Gasteiger partial charge >= 0.3 is 6.09 Å². The van der Waals surface area contributed by atoms with Crippen LogP contribution in [0.3, 0.4) is 0 Å². The molecular formula is C20H22N4O4S. The summed E-state index contributed by atoms with van der Waals surface area (Å²) in [5.41, 5.74) is 2.86. The first kappa shape index (κ1) is 18.4. The summed E-state index contributed by atoms with van der Waals surface area (Å²) in [5.74, 6) is 0. The predicted octanol–water partition coefficient (Wildman–Crippen LogP) is 3.77. The second kappa shape index (κ2) is 6.43. The van der Waals surface area contributed by atoms with Crippen LogP contribution in [0.25, 0.3) is 21.7 Å². The molecule has 3 aliphatic heterocycles. The highest BCUT2D eigenvalue weighted by Crippen LogP contribution is 2.39. The number of carbonyl (C=O) groups is 1. The minimum atomic E-state index is -0.846. The molecule has 1 N–H and O–H groups in total. The van der Waals surface area contributed by atoms with Gasteiger partial charge in [-0.05, 0) is 38.0 Å². The van der Waals surface area contributed by atoms with Crippen molar-refractivity contribution in [1.82, 2.24) is 14.9 Å². The molecule has 0 radical (unpaired) electrons. The van der Waals surface area contributed by atoms with Gasteiger partial charge in [-0.1, -0.05) is 0 Å². The molecule has 3 saturated heterocycles. The molecule has 2 unspecified atom stereocenters. The number of anilines is 1. The Kier molecular flexibility index (Phi) is 4.08. The van der Waals surface area contributed by atoms with Crippen LogP contribution in [0.4, 0.5) is 10.8 Å². The average Bonchev–Trinajstić information content (AvgIpc) is 3.36. The summed E-state index contributed by atoms with van der Waals surface area (Å²) in [5, 5.41) is 12.1. The second-order valence-corrected chi connectivity index (χ2v) is 8.95. The van der Waals surface area contributed by atoms with E-state index in [0.29, 0.717) is 24.7 Å². The number of fused-ring (bicyclic) bond motifs is 3. The molecule has 2 bridgehead atoms. The summed E-state index contributed by atoms with van der Waals surface area (Å²) < 4.78 is 11.9. The number of oxazole rings is 1. The Bertz CT molecular complexity index is 1070. The molecule has 3 fully saturated rings. The highest BCUT2D eigenvalue weighted by molar-refractivity contribution is 7.13. The quantitative estimate of drug-likeness (QED) is 0.695. The zero-order valence-corrected chi connectivity index (χ0v) is 17.3. The zero-order valence-electron chi connectivity index (χ0n) is 16.5. The molecule has 152 valence electrons. The molecule has 29 heavy (non-hydrogen) atoms. The molecule has 1 amide bonds. The Hall–Kier alpha value is -2.65. The number of thiazole rings is 1. The van der Waals surface area contributed by atoms with Gasteiger partial charge in [0.05, 0.1) is 23.2 Å². The van der Waals surface area contributed by atoms with Gasteiger partial charge in [0.25, 0.3) is 6.01 Å². The van der Waals surface area contributed by atoms with Gasteiger partial charge in [-0.3, -0.25) is 4.90 Å². The third kappa shape index (κ3) is 2.87. The van der Waals surface area contributed by atoms with Crippen molar-refractivity contribution < 1.29 is 19.1 Å². The van der Waals surface area contributed by atoms with E-state index in [2.05, 4.69) is 11.1 Å². The number of piperazine rings is 1. The van der Waals surface area contributed by atoms with Crippen LogP contribution in [0, 0.1) is 0 Å². The number of hydrogen-bond acceptors (Lipinski definition) is 7. The van der Waals surface area contributed by atoms with E-state index in [1.165, 1.54) is 0 Å². The topological polar surface area (TPSA) is 91.9 Å². The summed E-state index contributed by atoms with van der Waals surface area (Å²) in [6, 6.07) is 4.59. The van der Waals surface area contributed by atoms with Crippen LogP contribution >= 0.6 is 11.3 Å². The highest BCUT2D eigenvalue weighted by Gasteiger charge is 2.48. The summed E-state index contributed by atoms with van der Waals surface area (Å²) in [6.45, 7) is 5.22. The van der Waals surface area contributed by atoms with Crippen molar-refractivity contribution in [1.29, 1.82) is 0 Å². The summed E-state index contributed by atoms with van der Waals surface area (Å²) in [7, 11) is 1.69. The van der Waals surface area contributed by atoms with Gasteiger partial charge in [-0.25, -0.2) is 9.78 Å². The molecule has 9 heteroatoms. The summed E-state index contributed by atoms with van der Waals surface area (Å²) in [6.07, 6.45) is 1.83. The van der Waals surface area contributed by atoms with Gasteiger partial charge in [-0.15, -0.1) is 11.3 Å². The maximum absolute atomic E-state index is 11.4. The number of methoxy groups -OCH3 is 1. The fraction of sp³-hybridized carbons (Fsp3) is 0.450. The third-order valence-corrected chi connectivity index (χ3v) is 6.84. The van der Waals surface area contributed by atoms with Crippen molar-refractivity contribution in [2.75, 3.05) is 25.1 Å². The molecule has 2 aromatic heterocycles. The summed E-state index contributed by atoms with van der Waals surface area (Å²) >= 11 is 1.55. The fourth-order valence-electron chi connectivity index (χ4n) is 4.22. The molecular weight excluding hydrogens is 392 g/mol. The maximum Gasteiger partial charge on any atom is 0.407 e. The average molecular weight is 414 g/mol. The van der Waals surface area contributed by atoms with E-state index >= 15 is 0 Å². The van der Waals surface area contributed by atoms with Crippen molar-refractivity contribution in [2.45, 2.75) is 38.0 Å². The van der Waals surface area contributed by atoms with E-state index in [1.54, 1.807) is 29.5 Å². The van der Waals surface area contributed by atoms with Crippen LogP contribution < -0.4 is 4.90 Å². The molecule has 6 rings (SSSR count). The molecule has 0 spiro atoms. The monoisotopic (exact) mass is 414 g/mol. The second-order valence-electron chi connectivity index (χ2n) is 8.06. The molecule has 0 aliphatic carbocycles. The van der Waals surface area contributed by atoms with Crippen LogP contribution in [0.15, 0.2) is 28.1 Å². The predicted molar refractivity (Wildman–Crippen MR) is 109 cm³/mol. The lowest BCUT2D eigenvalue weighted by Gasteiger charge is -2.54. The molecule has 8 nitrogen and oxygen atoms in total. The molecule has 3 aromatic rings. The van der Waals surface area contributed by atoms with Crippen molar-refractivity contribution in [3.63, 3.8) is 0 Å². The first-order valence-corrected chi connectivity index (χ1v) is 10.4. The van der Waals surface area contributed by atoms with Gasteiger partial charge in [0.15, 0.2) is 5.58 Å². The highest BCUT2D eigenvalue weighted by atomic mass is 32.1. The number of amides is 1. The van der Waals surface area contributed by atoms with E-state index in [9.17, 15) is 9.90 Å². The van der Waals surface area contributed by atoms with Gasteiger partial charge in [-0.2, -0.15) is 4.98 Å². The molecule has 5 heterocycles. The van der Waals surface area contributed by atoms with Gasteiger partial charge < -0.3 is 19.2 Å². The summed E-state index contributed by atoms with van der Waals surface area (Å²) in [4.78, 5) is 24.2. The lowest BCUT2D eigenvalue weighted by molar-refractivity contribution is 0.0101. The number of rotatable bonds is 4. The number of ether oxygens (including phenoxy) is 1. The smallest absolute Gasteiger partial charge is 0.407 e. The van der Waals surface area contributed by atoms with Crippen LogP contribution in [0.1, 0.15) is 25.8 Å².